The number of carboxylic acids is 1. The first-order valence-electron chi connectivity index (χ1n) is 10.1. The predicted molar refractivity (Wildman–Crippen MR) is 108 cm³/mol. The third-order valence-electron chi connectivity index (χ3n) is 6.61. The first-order chi connectivity index (χ1) is 14.1. The molecule has 2 saturated carbocycles. The molecule has 2 bridgehead atoms. The molecule has 6 rings (SSSR count). The molecular weight excluding hydrogens is 366 g/mol. The van der Waals surface area contributed by atoms with Crippen molar-refractivity contribution in [2.45, 2.75) is 13.0 Å². The molecule has 148 valence electrons. The van der Waals surface area contributed by atoms with Crippen molar-refractivity contribution in [2.24, 2.45) is 35.5 Å². The molecule has 5 heteroatoms. The van der Waals surface area contributed by atoms with E-state index in [1.807, 2.05) is 48.5 Å². The number of anilines is 1. The third-order valence-corrected chi connectivity index (χ3v) is 6.61. The van der Waals surface area contributed by atoms with Gasteiger partial charge < -0.3 is 15.2 Å². The third kappa shape index (κ3) is 3.31. The number of carbonyl (C=O) groups excluding carboxylic acids is 1. The second kappa shape index (κ2) is 7.07. The second-order valence-electron chi connectivity index (χ2n) is 8.28. The quantitative estimate of drug-likeness (QED) is 0.733. The van der Waals surface area contributed by atoms with E-state index >= 15 is 0 Å². The Morgan fingerprint density at radius 1 is 0.931 bits per heavy atom. The number of fused-ring (bicyclic) bond motifs is 1. The van der Waals surface area contributed by atoms with Crippen LogP contribution in [-0.2, 0) is 16.2 Å². The van der Waals surface area contributed by atoms with E-state index in [0.717, 1.165) is 17.7 Å². The molecule has 2 aromatic carbocycles. The summed E-state index contributed by atoms with van der Waals surface area (Å²) in [7, 11) is 0. The Labute approximate surface area is 169 Å². The van der Waals surface area contributed by atoms with E-state index in [1.54, 1.807) is 12.1 Å². The van der Waals surface area contributed by atoms with Crippen LogP contribution in [0.3, 0.4) is 0 Å². The van der Waals surface area contributed by atoms with Crippen molar-refractivity contribution < 1.29 is 19.4 Å². The number of allylic oxidation sites excluding steroid dienone is 2. The molecule has 4 aliphatic rings. The molecule has 4 aliphatic carbocycles. The number of carboxylic acid groups (broad SMARTS) is 1. The van der Waals surface area contributed by atoms with Crippen LogP contribution in [0.4, 0.5) is 5.69 Å². The molecule has 5 nitrogen and oxygen atoms in total. The van der Waals surface area contributed by atoms with Crippen molar-refractivity contribution in [3.8, 4) is 5.75 Å². The van der Waals surface area contributed by atoms with Crippen molar-refractivity contribution in [2.75, 3.05) is 5.32 Å². The Morgan fingerprint density at radius 3 is 2.24 bits per heavy atom. The zero-order chi connectivity index (χ0) is 20.0. The van der Waals surface area contributed by atoms with Crippen LogP contribution in [0.25, 0.3) is 0 Å². The van der Waals surface area contributed by atoms with Gasteiger partial charge in [0, 0.05) is 5.69 Å². The smallest absolute Gasteiger partial charge is 0.307 e. The summed E-state index contributed by atoms with van der Waals surface area (Å²) in [5.74, 6) is -0.495. The van der Waals surface area contributed by atoms with Gasteiger partial charge in [-0.15, -0.1) is 0 Å². The van der Waals surface area contributed by atoms with Gasteiger partial charge in [-0.3, -0.25) is 9.59 Å². The Hall–Kier alpha value is -3.08. The van der Waals surface area contributed by atoms with Gasteiger partial charge in [-0.2, -0.15) is 0 Å². The lowest BCUT2D eigenvalue weighted by molar-refractivity contribution is -0.152. The number of nitrogens with one attached hydrogen (secondary N) is 1. The maximum atomic E-state index is 13.0. The van der Waals surface area contributed by atoms with Gasteiger partial charge >= 0.3 is 5.97 Å². The number of hydrogen-bond acceptors (Lipinski definition) is 3. The summed E-state index contributed by atoms with van der Waals surface area (Å²) >= 11 is 0. The number of carbonyl (C=O) groups is 2. The molecule has 0 unspecified atom stereocenters. The second-order valence-corrected chi connectivity index (χ2v) is 8.28. The Kier molecular flexibility index (Phi) is 4.38. The summed E-state index contributed by atoms with van der Waals surface area (Å²) in [4.78, 5) is 24.9. The number of benzene rings is 2. The number of aliphatic carboxylic acids is 1. The highest BCUT2D eigenvalue weighted by atomic mass is 16.5. The van der Waals surface area contributed by atoms with E-state index in [1.165, 1.54) is 0 Å². The van der Waals surface area contributed by atoms with Crippen molar-refractivity contribution in [3.63, 3.8) is 0 Å². The van der Waals surface area contributed by atoms with E-state index in [2.05, 4.69) is 11.4 Å². The molecule has 2 N–H and O–H groups in total. The molecule has 0 aliphatic heterocycles. The zero-order valence-corrected chi connectivity index (χ0v) is 15.9. The first-order valence-corrected chi connectivity index (χ1v) is 10.1. The lowest BCUT2D eigenvalue weighted by Gasteiger charge is -2.41. The molecule has 2 fully saturated rings. The lowest BCUT2D eigenvalue weighted by Crippen LogP contribution is -2.48. The fourth-order valence-corrected chi connectivity index (χ4v) is 5.17. The molecule has 1 amide bonds. The summed E-state index contributed by atoms with van der Waals surface area (Å²) in [6.07, 6.45) is 5.15. The maximum absolute atomic E-state index is 13.0. The monoisotopic (exact) mass is 389 g/mol. The molecule has 29 heavy (non-hydrogen) atoms. The highest BCUT2D eigenvalue weighted by Crippen LogP contribution is 2.63. The van der Waals surface area contributed by atoms with Crippen LogP contribution in [0, 0.1) is 35.5 Å². The largest absolute Gasteiger partial charge is 0.489 e. The Bertz CT molecular complexity index is 953. The minimum Gasteiger partial charge on any atom is -0.489 e. The van der Waals surface area contributed by atoms with Crippen LogP contribution < -0.4 is 10.1 Å². The van der Waals surface area contributed by atoms with E-state index in [4.69, 9.17) is 4.74 Å². The standard InChI is InChI=1S/C24H23NO4/c26-23(21-17-10-11-18(20-12-19(17)20)22(21)24(27)28)25-15-6-8-16(9-7-15)29-13-14-4-2-1-3-5-14/h1-11,17-22H,12-13H2,(H,25,26)(H,27,28)/t17-,18+,19+,20+,21-,22-/m0/s1. The van der Waals surface area contributed by atoms with Crippen LogP contribution >= 0.6 is 0 Å². The molecule has 0 heterocycles. The van der Waals surface area contributed by atoms with Crippen LogP contribution in [0.1, 0.15) is 12.0 Å². The maximum Gasteiger partial charge on any atom is 0.307 e. The van der Waals surface area contributed by atoms with Gasteiger partial charge in [-0.25, -0.2) is 0 Å². The van der Waals surface area contributed by atoms with Crippen LogP contribution in [-0.4, -0.2) is 17.0 Å². The van der Waals surface area contributed by atoms with Gasteiger partial charge in [-0.05, 0) is 59.9 Å². The molecular formula is C24H23NO4. The van der Waals surface area contributed by atoms with Crippen molar-refractivity contribution in [3.05, 3.63) is 72.3 Å². The fourth-order valence-electron chi connectivity index (χ4n) is 5.17. The summed E-state index contributed by atoms with van der Waals surface area (Å²) in [5.41, 5.74) is 1.74. The number of rotatable bonds is 6. The average Bonchev–Trinajstić information content (AvgIpc) is 3.56. The summed E-state index contributed by atoms with van der Waals surface area (Å²) in [6.45, 7) is 0.479. The first kappa shape index (κ1) is 18.0. The van der Waals surface area contributed by atoms with E-state index < -0.39 is 17.8 Å². The molecule has 0 saturated heterocycles. The molecule has 2 aromatic rings. The van der Waals surface area contributed by atoms with E-state index in [9.17, 15) is 14.7 Å². The average molecular weight is 389 g/mol. The zero-order valence-electron chi connectivity index (χ0n) is 15.9. The summed E-state index contributed by atoms with van der Waals surface area (Å²) < 4.78 is 5.78. The number of ether oxygens (including phenoxy) is 1. The van der Waals surface area contributed by atoms with Crippen LogP contribution in [0.5, 0.6) is 5.75 Å². The van der Waals surface area contributed by atoms with Crippen LogP contribution in [0.15, 0.2) is 66.7 Å². The number of amides is 1. The SMILES string of the molecule is O=C(O)[C@H]1[C@@H]2C=C[C@@H]([C@H]3C[C@H]23)[C@@H]1C(=O)Nc1ccc(OCc2ccccc2)cc1. The molecule has 0 aromatic heterocycles. The van der Waals surface area contributed by atoms with Gasteiger partial charge in [0.1, 0.15) is 12.4 Å². The predicted octanol–water partition coefficient (Wildman–Crippen LogP) is 3.97. The summed E-state index contributed by atoms with van der Waals surface area (Å²) in [6, 6.07) is 17.1. The van der Waals surface area contributed by atoms with E-state index in [-0.39, 0.29) is 17.7 Å². The van der Waals surface area contributed by atoms with Crippen molar-refractivity contribution in [1.82, 2.24) is 0 Å². The minimum atomic E-state index is -0.862. The van der Waals surface area contributed by atoms with Gasteiger partial charge in [0.05, 0.1) is 11.8 Å². The Balaban J connectivity index is 1.25. The lowest BCUT2D eigenvalue weighted by atomic mass is 9.62. The number of hydrogen-bond donors (Lipinski definition) is 2. The van der Waals surface area contributed by atoms with Crippen molar-refractivity contribution >= 4 is 17.6 Å². The van der Waals surface area contributed by atoms with E-state index in [0.29, 0.717) is 24.1 Å². The van der Waals surface area contributed by atoms with Gasteiger partial charge in [-0.1, -0.05) is 42.5 Å². The normalized spacial score (nSPS) is 31.0. The highest BCUT2D eigenvalue weighted by Gasteiger charge is 2.62. The van der Waals surface area contributed by atoms with Gasteiger partial charge in [0.25, 0.3) is 0 Å². The summed E-state index contributed by atoms with van der Waals surface area (Å²) in [5, 5.41) is 12.7. The fraction of sp³-hybridized carbons (Fsp3) is 0.333. The topological polar surface area (TPSA) is 75.6 Å². The Morgan fingerprint density at radius 2 is 1.59 bits per heavy atom. The molecule has 6 atom stereocenters. The van der Waals surface area contributed by atoms with Crippen LogP contribution in [0.2, 0.25) is 0 Å². The minimum absolute atomic E-state index is 0.00740. The van der Waals surface area contributed by atoms with Gasteiger partial charge in [0.15, 0.2) is 0 Å². The highest BCUT2D eigenvalue weighted by molar-refractivity contribution is 5.96. The molecule has 0 radical (unpaired) electrons. The van der Waals surface area contributed by atoms with Gasteiger partial charge in [0.2, 0.25) is 5.91 Å². The molecule has 0 spiro atoms. The van der Waals surface area contributed by atoms with Crippen molar-refractivity contribution in [1.29, 1.82) is 0 Å².